The van der Waals surface area contributed by atoms with E-state index in [2.05, 4.69) is 6.92 Å². The van der Waals surface area contributed by atoms with Crippen LogP contribution >= 0.6 is 0 Å². The molecule has 0 bridgehead atoms. The third kappa shape index (κ3) is 3.03. The minimum absolute atomic E-state index is 0.272. The zero-order chi connectivity index (χ0) is 13.0. The second-order valence-corrected chi connectivity index (χ2v) is 5.12. The molecule has 1 fully saturated rings. The summed E-state index contributed by atoms with van der Waals surface area (Å²) < 4.78 is 0. The fourth-order valence-corrected chi connectivity index (χ4v) is 2.55. The van der Waals surface area contributed by atoms with Crippen LogP contribution in [0.3, 0.4) is 0 Å². The first-order valence-corrected chi connectivity index (χ1v) is 6.82. The number of nitrogens with zero attached hydrogens (tertiary/aromatic N) is 1. The lowest BCUT2D eigenvalue weighted by Crippen LogP contribution is -2.30. The van der Waals surface area contributed by atoms with Crippen LogP contribution in [0.2, 0.25) is 0 Å². The highest BCUT2D eigenvalue weighted by Crippen LogP contribution is 2.23. The van der Waals surface area contributed by atoms with Crippen molar-refractivity contribution in [1.82, 2.24) is 4.90 Å². The molecule has 3 heteroatoms. The largest absolute Gasteiger partial charge is 0.398 e. The maximum Gasteiger partial charge on any atom is 0.222 e. The number of rotatable bonds is 3. The van der Waals surface area contributed by atoms with Gasteiger partial charge in [-0.1, -0.05) is 31.5 Å². The molecule has 1 atom stereocenters. The van der Waals surface area contributed by atoms with Gasteiger partial charge >= 0.3 is 0 Å². The SMILES string of the molecule is CCC1CCC(=O)N(Cc2ccccc2N)CC1. The van der Waals surface area contributed by atoms with Crippen LogP contribution in [0.15, 0.2) is 24.3 Å². The monoisotopic (exact) mass is 246 g/mol. The fourth-order valence-electron chi connectivity index (χ4n) is 2.55. The third-order valence-corrected chi connectivity index (χ3v) is 3.92. The molecule has 1 amide bonds. The van der Waals surface area contributed by atoms with E-state index in [0.717, 1.165) is 30.6 Å². The maximum atomic E-state index is 12.1. The maximum absolute atomic E-state index is 12.1. The Kier molecular flexibility index (Phi) is 4.24. The van der Waals surface area contributed by atoms with Gasteiger partial charge < -0.3 is 10.6 Å². The molecule has 2 N–H and O–H groups in total. The van der Waals surface area contributed by atoms with Crippen molar-refractivity contribution in [1.29, 1.82) is 0 Å². The van der Waals surface area contributed by atoms with E-state index in [4.69, 9.17) is 5.73 Å². The molecule has 1 saturated heterocycles. The average Bonchev–Trinajstić information content (AvgIpc) is 2.55. The first-order valence-electron chi connectivity index (χ1n) is 6.82. The lowest BCUT2D eigenvalue weighted by molar-refractivity contribution is -0.131. The van der Waals surface area contributed by atoms with Crippen molar-refractivity contribution >= 4 is 11.6 Å². The molecule has 1 heterocycles. The Morgan fingerprint density at radius 3 is 2.83 bits per heavy atom. The molecular formula is C15H22N2O. The van der Waals surface area contributed by atoms with Crippen LogP contribution in [0.1, 0.15) is 38.2 Å². The van der Waals surface area contributed by atoms with Crippen LogP contribution in [-0.4, -0.2) is 17.4 Å². The van der Waals surface area contributed by atoms with Crippen LogP contribution < -0.4 is 5.73 Å². The Balaban J connectivity index is 2.04. The van der Waals surface area contributed by atoms with Crippen molar-refractivity contribution < 1.29 is 4.79 Å². The van der Waals surface area contributed by atoms with E-state index >= 15 is 0 Å². The second kappa shape index (κ2) is 5.89. The van der Waals surface area contributed by atoms with Crippen molar-refractivity contribution in [3.05, 3.63) is 29.8 Å². The molecule has 0 aromatic heterocycles. The molecule has 1 aromatic rings. The standard InChI is InChI=1S/C15H22N2O/c1-2-12-7-8-15(18)17(10-9-12)11-13-5-3-4-6-14(13)16/h3-6,12H,2,7-11,16H2,1H3. The number of anilines is 1. The summed E-state index contributed by atoms with van der Waals surface area (Å²) in [5, 5.41) is 0. The number of likely N-dealkylation sites (tertiary alicyclic amines) is 1. The molecule has 0 radical (unpaired) electrons. The minimum atomic E-state index is 0.272. The predicted octanol–water partition coefficient (Wildman–Crippen LogP) is 2.81. The molecule has 0 spiro atoms. The van der Waals surface area contributed by atoms with Crippen molar-refractivity contribution in [2.75, 3.05) is 12.3 Å². The number of carbonyl (C=O) groups is 1. The van der Waals surface area contributed by atoms with Crippen LogP contribution in [0.4, 0.5) is 5.69 Å². The van der Waals surface area contributed by atoms with Crippen LogP contribution in [0.25, 0.3) is 0 Å². The molecule has 0 aliphatic carbocycles. The Morgan fingerprint density at radius 2 is 2.11 bits per heavy atom. The van der Waals surface area contributed by atoms with Crippen molar-refractivity contribution in [3.63, 3.8) is 0 Å². The van der Waals surface area contributed by atoms with E-state index < -0.39 is 0 Å². The van der Waals surface area contributed by atoms with Gasteiger partial charge in [-0.2, -0.15) is 0 Å². The van der Waals surface area contributed by atoms with E-state index in [1.165, 1.54) is 6.42 Å². The van der Waals surface area contributed by atoms with E-state index in [9.17, 15) is 4.79 Å². The molecule has 1 aliphatic rings. The van der Waals surface area contributed by atoms with Gasteiger partial charge in [-0.15, -0.1) is 0 Å². The third-order valence-electron chi connectivity index (χ3n) is 3.92. The smallest absolute Gasteiger partial charge is 0.222 e. The Bertz CT molecular complexity index is 417. The average molecular weight is 246 g/mol. The summed E-state index contributed by atoms with van der Waals surface area (Å²) in [6.07, 6.45) is 4.02. The highest BCUT2D eigenvalue weighted by Gasteiger charge is 2.21. The number of hydrogen-bond donors (Lipinski definition) is 1. The predicted molar refractivity (Wildman–Crippen MR) is 73.9 cm³/mol. The molecular weight excluding hydrogens is 224 g/mol. The Labute approximate surface area is 109 Å². The quantitative estimate of drug-likeness (QED) is 0.834. The van der Waals surface area contributed by atoms with Crippen molar-refractivity contribution in [2.45, 2.75) is 39.2 Å². The van der Waals surface area contributed by atoms with E-state index in [1.54, 1.807) is 0 Å². The summed E-state index contributed by atoms with van der Waals surface area (Å²) in [7, 11) is 0. The summed E-state index contributed by atoms with van der Waals surface area (Å²) >= 11 is 0. The van der Waals surface area contributed by atoms with Gasteiger partial charge in [0.25, 0.3) is 0 Å². The number of benzene rings is 1. The van der Waals surface area contributed by atoms with Crippen molar-refractivity contribution in [2.24, 2.45) is 5.92 Å². The summed E-state index contributed by atoms with van der Waals surface area (Å²) in [6, 6.07) is 7.80. The number of carbonyl (C=O) groups excluding carboxylic acids is 1. The number of nitrogen functional groups attached to an aromatic ring is 1. The number of para-hydroxylation sites is 1. The van der Waals surface area contributed by atoms with Gasteiger partial charge in [-0.25, -0.2) is 0 Å². The fraction of sp³-hybridized carbons (Fsp3) is 0.533. The highest BCUT2D eigenvalue weighted by molar-refractivity contribution is 5.76. The highest BCUT2D eigenvalue weighted by atomic mass is 16.2. The van der Waals surface area contributed by atoms with Crippen LogP contribution in [0.5, 0.6) is 0 Å². The van der Waals surface area contributed by atoms with Crippen molar-refractivity contribution in [3.8, 4) is 0 Å². The summed E-state index contributed by atoms with van der Waals surface area (Å²) in [4.78, 5) is 14.0. The molecule has 98 valence electrons. The summed E-state index contributed by atoms with van der Waals surface area (Å²) in [6.45, 7) is 3.73. The van der Waals surface area contributed by atoms with Gasteiger partial charge in [0.2, 0.25) is 5.91 Å². The van der Waals surface area contributed by atoms with Gasteiger partial charge in [0.1, 0.15) is 0 Å². The molecule has 1 aliphatic heterocycles. The Morgan fingerprint density at radius 1 is 1.33 bits per heavy atom. The number of hydrogen-bond acceptors (Lipinski definition) is 2. The molecule has 1 aromatic carbocycles. The topological polar surface area (TPSA) is 46.3 Å². The first kappa shape index (κ1) is 12.9. The van der Waals surface area contributed by atoms with Crippen LogP contribution in [-0.2, 0) is 11.3 Å². The second-order valence-electron chi connectivity index (χ2n) is 5.12. The van der Waals surface area contributed by atoms with Gasteiger partial charge in [0.15, 0.2) is 0 Å². The Hall–Kier alpha value is -1.51. The van der Waals surface area contributed by atoms with E-state index in [1.807, 2.05) is 29.2 Å². The van der Waals surface area contributed by atoms with E-state index in [0.29, 0.717) is 18.9 Å². The molecule has 2 rings (SSSR count). The van der Waals surface area contributed by atoms with Crippen LogP contribution in [0, 0.1) is 5.92 Å². The lowest BCUT2D eigenvalue weighted by atomic mass is 9.98. The molecule has 1 unspecified atom stereocenters. The number of nitrogens with two attached hydrogens (primary N) is 1. The lowest BCUT2D eigenvalue weighted by Gasteiger charge is -2.21. The molecule has 18 heavy (non-hydrogen) atoms. The normalized spacial score (nSPS) is 20.8. The summed E-state index contributed by atoms with van der Waals surface area (Å²) in [5.41, 5.74) is 7.77. The first-order chi connectivity index (χ1) is 8.70. The zero-order valence-corrected chi connectivity index (χ0v) is 11.1. The molecule has 0 saturated carbocycles. The minimum Gasteiger partial charge on any atom is -0.398 e. The van der Waals surface area contributed by atoms with Gasteiger partial charge in [0, 0.05) is 25.2 Å². The number of amides is 1. The van der Waals surface area contributed by atoms with Gasteiger partial charge in [-0.3, -0.25) is 4.79 Å². The van der Waals surface area contributed by atoms with Gasteiger partial charge in [-0.05, 0) is 30.4 Å². The van der Waals surface area contributed by atoms with E-state index in [-0.39, 0.29) is 5.91 Å². The summed E-state index contributed by atoms with van der Waals surface area (Å²) in [5.74, 6) is 0.973. The zero-order valence-electron chi connectivity index (χ0n) is 11.1. The van der Waals surface area contributed by atoms with Gasteiger partial charge in [0.05, 0.1) is 0 Å². The molecule has 3 nitrogen and oxygen atoms in total.